The van der Waals surface area contributed by atoms with Gasteiger partial charge in [-0.3, -0.25) is 10.1 Å². The van der Waals surface area contributed by atoms with Gasteiger partial charge in [0.1, 0.15) is 0 Å². The molecule has 16 heavy (non-hydrogen) atoms. The van der Waals surface area contributed by atoms with Crippen molar-refractivity contribution in [3.8, 4) is 0 Å². The average molecular weight is 264 g/mol. The Kier molecular flexibility index (Phi) is 4.99. The van der Waals surface area contributed by atoms with Crippen LogP contribution < -0.4 is 0 Å². The van der Waals surface area contributed by atoms with Crippen LogP contribution in [0.2, 0.25) is 10.0 Å². The number of hydrogen-bond acceptors (Lipinski definition) is 3. The molecule has 0 bridgehead atoms. The minimum absolute atomic E-state index is 0.00510. The summed E-state index contributed by atoms with van der Waals surface area (Å²) in [6.45, 7) is 0.553. The normalized spacial score (nSPS) is 10.4. The number of nitro benzene ring substituents is 1. The predicted octanol–water partition coefficient (Wildman–Crippen LogP) is 3.48. The van der Waals surface area contributed by atoms with Crippen LogP contribution in [0.5, 0.6) is 0 Å². The largest absolute Gasteiger partial charge is 0.385 e. The zero-order valence-corrected chi connectivity index (χ0v) is 10.2. The fraction of sp³-hybridized carbons (Fsp3) is 0.400. The molecular weight excluding hydrogens is 253 g/mol. The van der Waals surface area contributed by atoms with Crippen LogP contribution in [-0.2, 0) is 11.2 Å². The third-order valence-corrected chi connectivity index (χ3v) is 2.83. The molecule has 0 saturated heterocycles. The van der Waals surface area contributed by atoms with E-state index in [1.165, 1.54) is 12.1 Å². The Bertz CT molecular complexity index is 396. The number of nitrogens with zero attached hydrogens (tertiary/aromatic N) is 1. The summed E-state index contributed by atoms with van der Waals surface area (Å²) in [7, 11) is 1.59. The lowest BCUT2D eigenvalue weighted by atomic mass is 10.1. The van der Waals surface area contributed by atoms with Gasteiger partial charge in [-0.05, 0) is 18.9 Å². The van der Waals surface area contributed by atoms with Crippen LogP contribution in [0.15, 0.2) is 12.1 Å². The van der Waals surface area contributed by atoms with Gasteiger partial charge in [-0.15, -0.1) is 0 Å². The summed E-state index contributed by atoms with van der Waals surface area (Å²) in [5, 5.41) is 11.3. The van der Waals surface area contributed by atoms with E-state index >= 15 is 0 Å². The molecule has 0 aliphatic heterocycles. The van der Waals surface area contributed by atoms with E-state index in [1.54, 1.807) is 7.11 Å². The molecule has 6 heteroatoms. The zero-order chi connectivity index (χ0) is 12.1. The van der Waals surface area contributed by atoms with Crippen molar-refractivity contribution in [1.82, 2.24) is 0 Å². The molecule has 0 amide bonds. The van der Waals surface area contributed by atoms with Gasteiger partial charge < -0.3 is 4.74 Å². The van der Waals surface area contributed by atoms with Crippen LogP contribution in [0.25, 0.3) is 0 Å². The first-order valence-electron chi connectivity index (χ1n) is 4.67. The van der Waals surface area contributed by atoms with E-state index in [0.717, 1.165) is 0 Å². The Hall–Kier alpha value is -0.840. The highest BCUT2D eigenvalue weighted by Crippen LogP contribution is 2.31. The minimum atomic E-state index is -0.454. The lowest BCUT2D eigenvalue weighted by Crippen LogP contribution is -1.98. The van der Waals surface area contributed by atoms with Crippen LogP contribution in [0.3, 0.4) is 0 Å². The first-order valence-corrected chi connectivity index (χ1v) is 5.43. The molecule has 1 aromatic carbocycles. The number of halogens is 2. The third-order valence-electron chi connectivity index (χ3n) is 2.11. The van der Waals surface area contributed by atoms with Crippen molar-refractivity contribution in [2.24, 2.45) is 0 Å². The van der Waals surface area contributed by atoms with Crippen molar-refractivity contribution in [2.75, 3.05) is 13.7 Å². The van der Waals surface area contributed by atoms with Crippen LogP contribution in [0, 0.1) is 10.1 Å². The molecule has 1 aromatic rings. The fourth-order valence-electron chi connectivity index (χ4n) is 1.35. The van der Waals surface area contributed by atoms with Crippen molar-refractivity contribution >= 4 is 28.9 Å². The standard InChI is InChI=1S/C10H11Cl2NO3/c1-16-4-2-3-7-5-8(11)9(12)6-10(7)13(14)15/h5-6H,2-4H2,1H3. The molecule has 0 N–H and O–H groups in total. The molecule has 88 valence electrons. The van der Waals surface area contributed by atoms with Crippen molar-refractivity contribution in [1.29, 1.82) is 0 Å². The van der Waals surface area contributed by atoms with Gasteiger partial charge in [-0.25, -0.2) is 0 Å². The maximum Gasteiger partial charge on any atom is 0.274 e. The maximum atomic E-state index is 10.8. The van der Waals surface area contributed by atoms with E-state index in [4.69, 9.17) is 27.9 Å². The summed E-state index contributed by atoms with van der Waals surface area (Å²) in [6.07, 6.45) is 1.25. The fourth-order valence-corrected chi connectivity index (χ4v) is 1.70. The summed E-state index contributed by atoms with van der Waals surface area (Å²) in [5.74, 6) is 0. The highest BCUT2D eigenvalue weighted by Gasteiger charge is 2.16. The van der Waals surface area contributed by atoms with Gasteiger partial charge in [0, 0.05) is 25.3 Å². The van der Waals surface area contributed by atoms with E-state index in [0.29, 0.717) is 30.0 Å². The van der Waals surface area contributed by atoms with E-state index < -0.39 is 4.92 Å². The lowest BCUT2D eigenvalue weighted by molar-refractivity contribution is -0.385. The van der Waals surface area contributed by atoms with Crippen LogP contribution in [0.4, 0.5) is 5.69 Å². The van der Waals surface area contributed by atoms with Crippen molar-refractivity contribution in [3.63, 3.8) is 0 Å². The highest BCUT2D eigenvalue weighted by atomic mass is 35.5. The van der Waals surface area contributed by atoms with Crippen LogP contribution in [0.1, 0.15) is 12.0 Å². The maximum absolute atomic E-state index is 10.8. The molecule has 0 atom stereocenters. The second-order valence-electron chi connectivity index (χ2n) is 3.25. The van der Waals surface area contributed by atoms with Gasteiger partial charge in [-0.2, -0.15) is 0 Å². The summed E-state index contributed by atoms with van der Waals surface area (Å²) >= 11 is 11.5. The second kappa shape index (κ2) is 6.03. The van der Waals surface area contributed by atoms with E-state index in [-0.39, 0.29) is 10.7 Å². The Balaban J connectivity index is 2.95. The quantitative estimate of drug-likeness (QED) is 0.464. The van der Waals surface area contributed by atoms with E-state index in [2.05, 4.69) is 0 Å². The van der Waals surface area contributed by atoms with Crippen molar-refractivity contribution in [3.05, 3.63) is 37.9 Å². The topological polar surface area (TPSA) is 52.4 Å². The Morgan fingerprint density at radius 1 is 1.38 bits per heavy atom. The van der Waals surface area contributed by atoms with Crippen LogP contribution in [-0.4, -0.2) is 18.6 Å². The molecule has 0 aliphatic rings. The number of rotatable bonds is 5. The number of benzene rings is 1. The SMILES string of the molecule is COCCCc1cc(Cl)c(Cl)cc1[N+](=O)[O-]. The first-order chi connectivity index (χ1) is 7.56. The number of aryl methyl sites for hydroxylation is 1. The van der Waals surface area contributed by atoms with Gasteiger partial charge in [0.2, 0.25) is 0 Å². The molecule has 0 fully saturated rings. The Labute approximate surface area is 103 Å². The molecule has 0 heterocycles. The lowest BCUT2D eigenvalue weighted by Gasteiger charge is -2.04. The van der Waals surface area contributed by atoms with Gasteiger partial charge >= 0.3 is 0 Å². The first kappa shape index (κ1) is 13.2. The molecule has 4 nitrogen and oxygen atoms in total. The summed E-state index contributed by atoms with van der Waals surface area (Å²) in [4.78, 5) is 10.3. The van der Waals surface area contributed by atoms with Crippen LogP contribution >= 0.6 is 23.2 Å². The third kappa shape index (κ3) is 3.33. The van der Waals surface area contributed by atoms with E-state index in [1.807, 2.05) is 0 Å². The molecule has 0 spiro atoms. The monoisotopic (exact) mass is 263 g/mol. The smallest absolute Gasteiger partial charge is 0.274 e. The number of nitro groups is 1. The van der Waals surface area contributed by atoms with Gasteiger partial charge in [0.15, 0.2) is 0 Å². The second-order valence-corrected chi connectivity index (χ2v) is 4.06. The summed E-state index contributed by atoms with van der Waals surface area (Å²) in [5.41, 5.74) is 0.585. The van der Waals surface area contributed by atoms with Crippen molar-refractivity contribution < 1.29 is 9.66 Å². The Morgan fingerprint density at radius 2 is 2.00 bits per heavy atom. The zero-order valence-electron chi connectivity index (χ0n) is 8.70. The van der Waals surface area contributed by atoms with Gasteiger partial charge in [0.05, 0.1) is 15.0 Å². The molecular formula is C10H11Cl2NO3. The predicted molar refractivity (Wildman–Crippen MR) is 63.3 cm³/mol. The highest BCUT2D eigenvalue weighted by molar-refractivity contribution is 6.42. The summed E-state index contributed by atoms with van der Waals surface area (Å²) in [6, 6.07) is 2.82. The average Bonchev–Trinajstić information content (AvgIpc) is 2.23. The number of ether oxygens (including phenoxy) is 1. The molecule has 0 unspecified atom stereocenters. The molecule has 0 saturated carbocycles. The summed E-state index contributed by atoms with van der Waals surface area (Å²) < 4.78 is 4.89. The van der Waals surface area contributed by atoms with Gasteiger partial charge in [-0.1, -0.05) is 23.2 Å². The number of hydrogen-bond donors (Lipinski definition) is 0. The Morgan fingerprint density at radius 3 is 2.56 bits per heavy atom. The van der Waals surface area contributed by atoms with E-state index in [9.17, 15) is 10.1 Å². The molecule has 1 rings (SSSR count). The molecule has 0 aromatic heterocycles. The molecule has 0 aliphatic carbocycles. The molecule has 0 radical (unpaired) electrons. The minimum Gasteiger partial charge on any atom is -0.385 e. The van der Waals surface area contributed by atoms with Crippen molar-refractivity contribution in [2.45, 2.75) is 12.8 Å². The number of methoxy groups -OCH3 is 1. The van der Waals surface area contributed by atoms with Gasteiger partial charge in [0.25, 0.3) is 5.69 Å².